The summed E-state index contributed by atoms with van der Waals surface area (Å²) < 4.78 is 5.11. The van der Waals surface area contributed by atoms with Crippen molar-refractivity contribution in [3.05, 3.63) is 28.8 Å². The summed E-state index contributed by atoms with van der Waals surface area (Å²) in [5.41, 5.74) is 1.01. The Morgan fingerprint density at radius 2 is 2.32 bits per heavy atom. The lowest BCUT2D eigenvalue weighted by Gasteiger charge is -2.23. The molecule has 1 aromatic carbocycles. The predicted octanol–water partition coefficient (Wildman–Crippen LogP) is 2.64. The minimum atomic E-state index is -0.746. The van der Waals surface area contributed by atoms with Gasteiger partial charge in [0.15, 0.2) is 0 Å². The lowest BCUT2D eigenvalue weighted by molar-refractivity contribution is -0.143. The van der Waals surface area contributed by atoms with Gasteiger partial charge in [-0.15, -0.1) is 0 Å². The lowest BCUT2D eigenvalue weighted by atomic mass is 10.0. The van der Waals surface area contributed by atoms with Crippen molar-refractivity contribution in [2.24, 2.45) is 5.92 Å². The van der Waals surface area contributed by atoms with Crippen LogP contribution < -0.4 is 4.74 Å². The highest BCUT2D eigenvalue weighted by Gasteiger charge is 2.36. The van der Waals surface area contributed by atoms with E-state index in [0.29, 0.717) is 17.3 Å². The summed E-state index contributed by atoms with van der Waals surface area (Å²) >= 11 is 6.08. The molecule has 0 spiro atoms. The Morgan fingerprint density at radius 3 is 2.89 bits per heavy atom. The van der Waals surface area contributed by atoms with Crippen LogP contribution in [0.1, 0.15) is 18.9 Å². The third-order valence-corrected chi connectivity index (χ3v) is 3.95. The molecule has 1 aliphatic rings. The first kappa shape index (κ1) is 14.2. The van der Waals surface area contributed by atoms with E-state index in [0.717, 1.165) is 18.5 Å². The molecule has 0 saturated carbocycles. The minimum Gasteiger partial charge on any atom is -0.495 e. The number of carboxylic acids is 1. The fourth-order valence-electron chi connectivity index (χ4n) is 2.65. The van der Waals surface area contributed by atoms with E-state index in [9.17, 15) is 9.90 Å². The van der Waals surface area contributed by atoms with Crippen LogP contribution in [0.3, 0.4) is 0 Å². The number of ether oxygens (including phenoxy) is 1. The molecule has 0 aromatic heterocycles. The molecular formula is C14H18ClNO3. The number of hydrogen-bond donors (Lipinski definition) is 1. The minimum absolute atomic E-state index is 0.186. The molecule has 2 atom stereocenters. The maximum Gasteiger partial charge on any atom is 0.321 e. The average Bonchev–Trinajstić information content (AvgIpc) is 2.70. The van der Waals surface area contributed by atoms with Crippen LogP contribution in [0.2, 0.25) is 5.02 Å². The first-order chi connectivity index (χ1) is 9.02. The predicted molar refractivity (Wildman–Crippen MR) is 73.6 cm³/mol. The van der Waals surface area contributed by atoms with E-state index in [2.05, 4.69) is 0 Å². The Morgan fingerprint density at radius 1 is 1.58 bits per heavy atom. The Labute approximate surface area is 117 Å². The van der Waals surface area contributed by atoms with Crippen LogP contribution in [-0.2, 0) is 11.3 Å². The number of nitrogens with zero attached hydrogens (tertiary/aromatic N) is 1. The van der Waals surface area contributed by atoms with E-state index >= 15 is 0 Å². The van der Waals surface area contributed by atoms with Crippen molar-refractivity contribution in [1.29, 1.82) is 0 Å². The van der Waals surface area contributed by atoms with Crippen LogP contribution in [0.25, 0.3) is 0 Å². The van der Waals surface area contributed by atoms with E-state index in [-0.39, 0.29) is 5.92 Å². The molecule has 104 valence electrons. The Hall–Kier alpha value is -1.26. The summed E-state index contributed by atoms with van der Waals surface area (Å²) in [6.07, 6.45) is 0.918. The Balaban J connectivity index is 2.12. The molecular weight excluding hydrogens is 266 g/mol. The van der Waals surface area contributed by atoms with Gasteiger partial charge in [0.05, 0.1) is 12.1 Å². The molecule has 1 saturated heterocycles. The highest BCUT2D eigenvalue weighted by atomic mass is 35.5. The quantitative estimate of drug-likeness (QED) is 0.923. The van der Waals surface area contributed by atoms with Crippen molar-refractivity contribution >= 4 is 17.6 Å². The van der Waals surface area contributed by atoms with Gasteiger partial charge < -0.3 is 9.84 Å². The molecule has 1 aliphatic heterocycles. The van der Waals surface area contributed by atoms with Gasteiger partial charge in [-0.25, -0.2) is 0 Å². The first-order valence-corrected chi connectivity index (χ1v) is 6.70. The third-order valence-electron chi connectivity index (χ3n) is 3.66. The smallest absolute Gasteiger partial charge is 0.321 e. The normalized spacial score (nSPS) is 23.5. The van der Waals surface area contributed by atoms with Crippen molar-refractivity contribution in [1.82, 2.24) is 4.90 Å². The summed E-state index contributed by atoms with van der Waals surface area (Å²) in [7, 11) is 1.57. The van der Waals surface area contributed by atoms with Crippen LogP contribution in [-0.4, -0.2) is 35.7 Å². The van der Waals surface area contributed by atoms with Gasteiger partial charge in [0.25, 0.3) is 0 Å². The number of carbonyl (C=O) groups is 1. The fraction of sp³-hybridized carbons (Fsp3) is 0.500. The maximum absolute atomic E-state index is 11.3. The molecule has 2 rings (SSSR count). The summed E-state index contributed by atoms with van der Waals surface area (Å²) in [6.45, 7) is 3.40. The van der Waals surface area contributed by atoms with Crippen molar-refractivity contribution in [3.8, 4) is 5.75 Å². The van der Waals surface area contributed by atoms with Crippen molar-refractivity contribution in [2.45, 2.75) is 25.9 Å². The van der Waals surface area contributed by atoms with Crippen LogP contribution in [0.5, 0.6) is 5.75 Å². The van der Waals surface area contributed by atoms with Gasteiger partial charge >= 0.3 is 5.97 Å². The summed E-state index contributed by atoms with van der Waals surface area (Å²) in [5.74, 6) is 0.0748. The van der Waals surface area contributed by atoms with Gasteiger partial charge in [-0.2, -0.15) is 0 Å². The van der Waals surface area contributed by atoms with Crippen LogP contribution in [0, 0.1) is 5.92 Å². The highest BCUT2D eigenvalue weighted by Crippen LogP contribution is 2.29. The second-order valence-electron chi connectivity index (χ2n) is 4.99. The monoisotopic (exact) mass is 283 g/mol. The van der Waals surface area contributed by atoms with Crippen molar-refractivity contribution in [2.75, 3.05) is 13.7 Å². The molecule has 1 N–H and O–H groups in total. The summed E-state index contributed by atoms with van der Waals surface area (Å²) in [6, 6.07) is 5.17. The van der Waals surface area contributed by atoms with E-state index in [1.165, 1.54) is 0 Å². The third kappa shape index (κ3) is 3.01. The number of benzene rings is 1. The molecule has 0 bridgehead atoms. The number of likely N-dealkylation sites (tertiary alicyclic amines) is 1. The number of hydrogen-bond acceptors (Lipinski definition) is 3. The lowest BCUT2D eigenvalue weighted by Crippen LogP contribution is -2.38. The van der Waals surface area contributed by atoms with Crippen LogP contribution in [0.15, 0.2) is 18.2 Å². The summed E-state index contributed by atoms with van der Waals surface area (Å²) in [5, 5.41) is 9.84. The number of aliphatic carboxylic acids is 1. The van der Waals surface area contributed by atoms with Gasteiger partial charge in [0.2, 0.25) is 0 Å². The van der Waals surface area contributed by atoms with Crippen molar-refractivity contribution in [3.63, 3.8) is 0 Å². The number of carboxylic acid groups (broad SMARTS) is 1. The Bertz CT molecular complexity index is 478. The SMILES string of the molecule is COc1ccc(CN2CCC(C)C2C(=O)O)cc1Cl. The molecule has 19 heavy (non-hydrogen) atoms. The number of rotatable bonds is 4. The molecule has 2 unspecified atom stereocenters. The van der Waals surface area contributed by atoms with Gasteiger partial charge in [0, 0.05) is 6.54 Å². The van der Waals surface area contributed by atoms with Crippen molar-refractivity contribution < 1.29 is 14.6 Å². The molecule has 1 aromatic rings. The molecule has 4 nitrogen and oxygen atoms in total. The standard InChI is InChI=1S/C14H18ClNO3/c1-9-5-6-16(13(9)14(17)18)8-10-3-4-12(19-2)11(15)7-10/h3-4,7,9,13H,5-6,8H2,1-2H3,(H,17,18). The van der Waals surface area contributed by atoms with Gasteiger partial charge in [-0.3, -0.25) is 9.69 Å². The molecule has 5 heteroatoms. The molecule has 1 fully saturated rings. The average molecular weight is 284 g/mol. The molecule has 0 aliphatic carbocycles. The van der Waals surface area contributed by atoms with Gasteiger partial charge in [-0.1, -0.05) is 24.6 Å². The second kappa shape index (κ2) is 5.80. The van der Waals surface area contributed by atoms with E-state index in [1.807, 2.05) is 30.0 Å². The summed E-state index contributed by atoms with van der Waals surface area (Å²) in [4.78, 5) is 13.3. The topological polar surface area (TPSA) is 49.8 Å². The molecule has 0 amide bonds. The van der Waals surface area contributed by atoms with Crippen LogP contribution in [0.4, 0.5) is 0 Å². The van der Waals surface area contributed by atoms with Crippen LogP contribution >= 0.6 is 11.6 Å². The number of methoxy groups -OCH3 is 1. The number of halogens is 1. The highest BCUT2D eigenvalue weighted by molar-refractivity contribution is 6.32. The fourth-order valence-corrected chi connectivity index (χ4v) is 2.93. The van der Waals surface area contributed by atoms with Gasteiger partial charge in [-0.05, 0) is 36.6 Å². The van der Waals surface area contributed by atoms with E-state index in [1.54, 1.807) is 7.11 Å². The zero-order valence-electron chi connectivity index (χ0n) is 11.1. The zero-order chi connectivity index (χ0) is 14.0. The molecule has 1 heterocycles. The van der Waals surface area contributed by atoms with Gasteiger partial charge in [0.1, 0.15) is 11.8 Å². The zero-order valence-corrected chi connectivity index (χ0v) is 11.9. The van der Waals surface area contributed by atoms with E-state index in [4.69, 9.17) is 16.3 Å². The Kier molecular flexibility index (Phi) is 4.32. The second-order valence-corrected chi connectivity index (χ2v) is 5.40. The largest absolute Gasteiger partial charge is 0.495 e. The maximum atomic E-state index is 11.3. The first-order valence-electron chi connectivity index (χ1n) is 6.32. The molecule has 0 radical (unpaired) electrons. The van der Waals surface area contributed by atoms with E-state index < -0.39 is 12.0 Å².